The number of nitrogens with zero attached hydrogens (tertiary/aromatic N) is 1. The van der Waals surface area contributed by atoms with Gasteiger partial charge in [0.15, 0.2) is 6.10 Å². The van der Waals surface area contributed by atoms with Crippen LogP contribution in [0.15, 0.2) is 17.0 Å². The summed E-state index contributed by atoms with van der Waals surface area (Å²) >= 11 is 0. The number of carbonyl (C=O) groups is 2. The fourth-order valence-corrected chi connectivity index (χ4v) is 5.51. The first-order valence-corrected chi connectivity index (χ1v) is 11.6. The van der Waals surface area contributed by atoms with Crippen molar-refractivity contribution in [1.29, 1.82) is 0 Å². The third-order valence-corrected chi connectivity index (χ3v) is 7.45. The molecule has 2 aliphatic rings. The molecule has 0 saturated carbocycles. The molecule has 30 heavy (non-hydrogen) atoms. The number of ether oxygens (including phenoxy) is 2. The lowest BCUT2D eigenvalue weighted by molar-refractivity contribution is -0.126. The number of sulfonamides is 1. The van der Waals surface area contributed by atoms with E-state index in [0.29, 0.717) is 56.0 Å². The number of fused-ring (bicyclic) bond motifs is 1. The molecule has 2 amide bonds. The third-order valence-electron chi connectivity index (χ3n) is 5.45. The van der Waals surface area contributed by atoms with Crippen LogP contribution in [0, 0.1) is 12.8 Å². The highest BCUT2D eigenvalue weighted by molar-refractivity contribution is 7.89. The molecule has 0 radical (unpaired) electrons. The number of hydrogen-bond donors (Lipinski definition) is 2. The molecule has 2 heterocycles. The lowest BCUT2D eigenvalue weighted by Gasteiger charge is -2.32. The smallest absolute Gasteiger partial charge is 0.265 e. The van der Waals surface area contributed by atoms with Gasteiger partial charge in [0.2, 0.25) is 15.9 Å². The van der Waals surface area contributed by atoms with Crippen LogP contribution in [0.25, 0.3) is 0 Å². The van der Waals surface area contributed by atoms with Crippen LogP contribution < -0.4 is 15.4 Å². The summed E-state index contributed by atoms with van der Waals surface area (Å²) in [6, 6.07) is 3.09. The summed E-state index contributed by atoms with van der Waals surface area (Å²) in [7, 11) is -2.26. The number of carbonyl (C=O) groups excluding carboxylic acids is 2. The van der Waals surface area contributed by atoms with Gasteiger partial charge in [-0.15, -0.1) is 0 Å². The Morgan fingerprint density at radius 2 is 2.17 bits per heavy atom. The molecule has 0 aromatic heterocycles. The van der Waals surface area contributed by atoms with E-state index in [4.69, 9.17) is 9.47 Å². The van der Waals surface area contributed by atoms with Crippen molar-refractivity contribution in [2.24, 2.45) is 5.92 Å². The number of anilines is 1. The van der Waals surface area contributed by atoms with E-state index in [1.54, 1.807) is 20.1 Å². The van der Waals surface area contributed by atoms with E-state index >= 15 is 0 Å². The molecule has 2 N–H and O–H groups in total. The van der Waals surface area contributed by atoms with Crippen LogP contribution in [0.1, 0.15) is 31.7 Å². The van der Waals surface area contributed by atoms with Gasteiger partial charge in [-0.25, -0.2) is 8.42 Å². The molecule has 1 fully saturated rings. The van der Waals surface area contributed by atoms with Gasteiger partial charge in [0.25, 0.3) is 5.91 Å². The second kappa shape index (κ2) is 9.32. The molecule has 3 rings (SSSR count). The minimum atomic E-state index is -3.82. The first-order chi connectivity index (χ1) is 14.3. The number of piperidine rings is 1. The molecule has 166 valence electrons. The van der Waals surface area contributed by atoms with E-state index in [-0.39, 0.29) is 23.3 Å². The van der Waals surface area contributed by atoms with Crippen LogP contribution in [0.5, 0.6) is 5.75 Å². The molecule has 2 atom stereocenters. The lowest BCUT2D eigenvalue weighted by Crippen LogP contribution is -2.46. The predicted octanol–water partition coefficient (Wildman–Crippen LogP) is 1.27. The van der Waals surface area contributed by atoms with Crippen molar-refractivity contribution in [2.45, 2.75) is 44.1 Å². The van der Waals surface area contributed by atoms with Crippen molar-refractivity contribution in [3.05, 3.63) is 17.7 Å². The van der Waals surface area contributed by atoms with Crippen LogP contribution >= 0.6 is 0 Å². The zero-order valence-electron chi connectivity index (χ0n) is 17.6. The monoisotopic (exact) mass is 439 g/mol. The van der Waals surface area contributed by atoms with Crippen molar-refractivity contribution >= 4 is 27.5 Å². The first kappa shape index (κ1) is 22.5. The molecule has 10 heteroatoms. The van der Waals surface area contributed by atoms with Gasteiger partial charge in [-0.2, -0.15) is 4.31 Å². The van der Waals surface area contributed by atoms with Crippen LogP contribution in [-0.4, -0.2) is 64.0 Å². The molecule has 1 saturated heterocycles. The summed E-state index contributed by atoms with van der Waals surface area (Å²) in [5.74, 6) is -0.455. The normalized spacial score (nSPS) is 22.0. The fraction of sp³-hybridized carbons (Fsp3) is 0.600. The van der Waals surface area contributed by atoms with Gasteiger partial charge in [0, 0.05) is 32.8 Å². The molecule has 0 spiro atoms. The third kappa shape index (κ3) is 4.60. The van der Waals surface area contributed by atoms with Gasteiger partial charge in [0.1, 0.15) is 5.75 Å². The van der Waals surface area contributed by atoms with Gasteiger partial charge in [-0.3, -0.25) is 9.59 Å². The maximum atomic E-state index is 13.4. The highest BCUT2D eigenvalue weighted by atomic mass is 32.2. The molecule has 1 aromatic rings. The van der Waals surface area contributed by atoms with E-state index in [1.807, 2.05) is 6.92 Å². The van der Waals surface area contributed by atoms with Crippen molar-refractivity contribution in [3.8, 4) is 5.75 Å². The lowest BCUT2D eigenvalue weighted by atomic mass is 9.99. The SMILES string of the molecule is CC[C@@H]1Oc2cc(S(=O)(=O)N3CCC[C@H](C(=O)NCCOC)C3)c(C)cc2NC1=O. The average Bonchev–Trinajstić information content (AvgIpc) is 2.73. The number of methoxy groups -OCH3 is 1. The Hall–Kier alpha value is -2.17. The van der Waals surface area contributed by atoms with Crippen molar-refractivity contribution in [1.82, 2.24) is 9.62 Å². The molecule has 0 aliphatic carbocycles. The zero-order chi connectivity index (χ0) is 21.9. The zero-order valence-corrected chi connectivity index (χ0v) is 18.4. The molecule has 0 bridgehead atoms. The van der Waals surface area contributed by atoms with Crippen LogP contribution in [0.2, 0.25) is 0 Å². The Morgan fingerprint density at radius 1 is 1.40 bits per heavy atom. The van der Waals surface area contributed by atoms with E-state index in [0.717, 1.165) is 0 Å². The standard InChI is InChI=1S/C20H29N3O6S/c1-4-16-20(25)22-15-10-13(2)18(11-17(15)29-16)30(26,27)23-8-5-6-14(12-23)19(24)21-7-9-28-3/h10-11,14,16H,4-9,12H2,1-3H3,(H,21,24)(H,22,25)/t14-,16-/m0/s1. The van der Waals surface area contributed by atoms with Crippen molar-refractivity contribution in [3.63, 3.8) is 0 Å². The maximum Gasteiger partial charge on any atom is 0.265 e. The summed E-state index contributed by atoms with van der Waals surface area (Å²) in [6.45, 7) is 4.80. The number of benzene rings is 1. The summed E-state index contributed by atoms with van der Waals surface area (Å²) in [5.41, 5.74) is 0.981. The van der Waals surface area contributed by atoms with Crippen molar-refractivity contribution < 1.29 is 27.5 Å². The van der Waals surface area contributed by atoms with Gasteiger partial charge in [-0.1, -0.05) is 6.92 Å². The topological polar surface area (TPSA) is 114 Å². The Balaban J connectivity index is 1.81. The predicted molar refractivity (Wildman–Crippen MR) is 111 cm³/mol. The van der Waals surface area contributed by atoms with Gasteiger partial charge in [-0.05, 0) is 37.8 Å². The second-order valence-electron chi connectivity index (χ2n) is 7.60. The number of aryl methyl sites for hydroxylation is 1. The summed E-state index contributed by atoms with van der Waals surface area (Å²) in [6.07, 6.45) is 1.08. The minimum absolute atomic E-state index is 0.132. The minimum Gasteiger partial charge on any atom is -0.478 e. The summed E-state index contributed by atoms with van der Waals surface area (Å²) in [5, 5.41) is 5.56. The largest absolute Gasteiger partial charge is 0.478 e. The highest BCUT2D eigenvalue weighted by Gasteiger charge is 2.35. The highest BCUT2D eigenvalue weighted by Crippen LogP contribution is 2.36. The van der Waals surface area contributed by atoms with E-state index < -0.39 is 22.0 Å². The summed E-state index contributed by atoms with van der Waals surface area (Å²) < 4.78 is 38.8. The molecular weight excluding hydrogens is 410 g/mol. The number of rotatable bonds is 7. The Labute approximate surface area is 177 Å². The van der Waals surface area contributed by atoms with Gasteiger partial charge in [0.05, 0.1) is 23.1 Å². The van der Waals surface area contributed by atoms with E-state index in [1.165, 1.54) is 10.4 Å². The van der Waals surface area contributed by atoms with Crippen LogP contribution in [-0.2, 0) is 24.3 Å². The quantitative estimate of drug-likeness (QED) is 0.619. The van der Waals surface area contributed by atoms with Crippen LogP contribution in [0.3, 0.4) is 0 Å². The second-order valence-corrected chi connectivity index (χ2v) is 9.51. The first-order valence-electron chi connectivity index (χ1n) is 10.2. The van der Waals surface area contributed by atoms with Gasteiger partial charge >= 0.3 is 0 Å². The van der Waals surface area contributed by atoms with E-state index in [2.05, 4.69) is 10.6 Å². The van der Waals surface area contributed by atoms with Gasteiger partial charge < -0.3 is 20.1 Å². The van der Waals surface area contributed by atoms with Crippen LogP contribution in [0.4, 0.5) is 5.69 Å². The molecular formula is C20H29N3O6S. The number of nitrogens with one attached hydrogen (secondary N) is 2. The van der Waals surface area contributed by atoms with Crippen molar-refractivity contribution in [2.75, 3.05) is 38.7 Å². The molecule has 1 aromatic carbocycles. The number of amides is 2. The number of hydrogen-bond acceptors (Lipinski definition) is 6. The fourth-order valence-electron chi connectivity index (χ4n) is 3.77. The molecule has 9 nitrogen and oxygen atoms in total. The maximum absolute atomic E-state index is 13.4. The Kier molecular flexibility index (Phi) is 6.99. The van der Waals surface area contributed by atoms with E-state index in [9.17, 15) is 18.0 Å². The average molecular weight is 440 g/mol. The molecule has 2 aliphatic heterocycles. The Bertz CT molecular complexity index is 917. The Morgan fingerprint density at radius 3 is 2.87 bits per heavy atom. The summed E-state index contributed by atoms with van der Waals surface area (Å²) in [4.78, 5) is 24.5. The molecule has 0 unspecified atom stereocenters.